The molecular formula is C22H36N4O2. The summed E-state index contributed by atoms with van der Waals surface area (Å²) in [5, 5.41) is 14.6. The number of nitrogens with one attached hydrogen (secondary N) is 3. The summed E-state index contributed by atoms with van der Waals surface area (Å²) in [7, 11) is 3.67. The molecule has 0 fully saturated rings. The molecule has 0 aliphatic heterocycles. The molecule has 1 heterocycles. The molecule has 28 heavy (non-hydrogen) atoms. The van der Waals surface area contributed by atoms with Crippen LogP contribution in [0.4, 0.5) is 0 Å². The fraction of sp³-hybridized carbons (Fsp3) is 0.545. The van der Waals surface area contributed by atoms with Crippen molar-refractivity contribution in [3.8, 4) is 11.3 Å². The van der Waals surface area contributed by atoms with Gasteiger partial charge in [0.15, 0.2) is 0 Å². The molecule has 1 aromatic heterocycles. The summed E-state index contributed by atoms with van der Waals surface area (Å²) in [6.45, 7) is 4.26. The van der Waals surface area contributed by atoms with E-state index in [0.717, 1.165) is 37.2 Å². The lowest BCUT2D eigenvalue weighted by Gasteiger charge is -2.12. The van der Waals surface area contributed by atoms with E-state index in [9.17, 15) is 4.79 Å². The second-order valence-corrected chi connectivity index (χ2v) is 6.85. The summed E-state index contributed by atoms with van der Waals surface area (Å²) in [6, 6.07) is 10.3. The van der Waals surface area contributed by atoms with Crippen LogP contribution in [0, 0.1) is 0 Å². The summed E-state index contributed by atoms with van der Waals surface area (Å²) in [4.78, 5) is 18.3. The van der Waals surface area contributed by atoms with Crippen molar-refractivity contribution in [3.63, 3.8) is 0 Å². The first-order valence-corrected chi connectivity index (χ1v) is 10.2. The average Bonchev–Trinajstić information content (AvgIpc) is 3.20. The van der Waals surface area contributed by atoms with Crippen LogP contribution in [0.2, 0.25) is 0 Å². The van der Waals surface area contributed by atoms with Crippen LogP contribution in [0.25, 0.3) is 11.3 Å². The number of benzene rings is 1. The summed E-state index contributed by atoms with van der Waals surface area (Å²) >= 11 is 0. The standard InChI is InChI=1S/C15H21N3.C7H15NO2/c1-3-4-10-13(16-2)15-17-11-14(18-15)12-8-6-5-7-9-12;1-3-4-5-6(8-2)7(9)10/h5-9,11,13,16H,3-4,10H2,1-2H3,(H,17,18);6,8H,3-5H2,1-2H3,(H,9,10)/t13-;6-/m00/s1. The quantitative estimate of drug-likeness (QED) is 0.459. The average molecular weight is 389 g/mol. The van der Waals surface area contributed by atoms with Crippen LogP contribution in [0.3, 0.4) is 0 Å². The number of nitrogens with zero attached hydrogens (tertiary/aromatic N) is 1. The van der Waals surface area contributed by atoms with Crippen LogP contribution in [0.5, 0.6) is 0 Å². The normalized spacial score (nSPS) is 12.7. The molecule has 0 radical (unpaired) electrons. The van der Waals surface area contributed by atoms with Gasteiger partial charge in [-0.25, -0.2) is 4.98 Å². The van der Waals surface area contributed by atoms with E-state index >= 15 is 0 Å². The third kappa shape index (κ3) is 8.23. The SMILES string of the molecule is CCCC[C@H](NC)C(=O)O.CCCC[C@H](NC)c1ncc(-c2ccccc2)[nH]1. The smallest absolute Gasteiger partial charge is 0.320 e. The van der Waals surface area contributed by atoms with Gasteiger partial charge in [-0.2, -0.15) is 0 Å². The molecule has 0 amide bonds. The molecule has 2 rings (SSSR count). The summed E-state index contributed by atoms with van der Waals surface area (Å²) in [5.74, 6) is 0.278. The number of likely N-dealkylation sites (N-methyl/N-ethyl adjacent to an activating group) is 1. The lowest BCUT2D eigenvalue weighted by atomic mass is 10.1. The molecule has 0 unspecified atom stereocenters. The number of carbonyl (C=O) groups is 1. The molecule has 0 spiro atoms. The fourth-order valence-corrected chi connectivity index (χ4v) is 2.90. The maximum absolute atomic E-state index is 10.4. The van der Waals surface area contributed by atoms with Gasteiger partial charge in [-0.05, 0) is 32.5 Å². The predicted octanol–water partition coefficient (Wildman–Crippen LogP) is 4.38. The lowest BCUT2D eigenvalue weighted by Crippen LogP contribution is -2.33. The van der Waals surface area contributed by atoms with Crippen molar-refractivity contribution in [2.45, 2.75) is 64.5 Å². The number of imidazole rings is 1. The van der Waals surface area contributed by atoms with Gasteiger partial charge in [0.05, 0.1) is 17.9 Å². The van der Waals surface area contributed by atoms with E-state index in [0.29, 0.717) is 6.04 Å². The van der Waals surface area contributed by atoms with Crippen LogP contribution in [-0.4, -0.2) is 41.2 Å². The fourth-order valence-electron chi connectivity index (χ4n) is 2.90. The number of aromatic nitrogens is 2. The molecule has 156 valence electrons. The highest BCUT2D eigenvalue weighted by molar-refractivity contribution is 5.73. The number of hydrogen-bond acceptors (Lipinski definition) is 4. The largest absolute Gasteiger partial charge is 0.480 e. The number of H-pyrrole nitrogens is 1. The Morgan fingerprint density at radius 3 is 2.25 bits per heavy atom. The number of aliphatic carboxylic acids is 1. The third-order valence-corrected chi connectivity index (χ3v) is 4.70. The molecule has 0 saturated carbocycles. The van der Waals surface area contributed by atoms with Crippen molar-refractivity contribution in [2.24, 2.45) is 0 Å². The maximum Gasteiger partial charge on any atom is 0.320 e. The molecule has 6 nitrogen and oxygen atoms in total. The Kier molecular flexibility index (Phi) is 11.9. The molecule has 1 aromatic carbocycles. The zero-order chi connectivity index (χ0) is 20.8. The third-order valence-electron chi connectivity index (χ3n) is 4.70. The predicted molar refractivity (Wildman–Crippen MR) is 115 cm³/mol. The molecule has 4 N–H and O–H groups in total. The molecule has 2 atom stereocenters. The van der Waals surface area contributed by atoms with E-state index in [1.54, 1.807) is 7.05 Å². The molecule has 2 aromatic rings. The Hall–Kier alpha value is -2.18. The Bertz CT molecular complexity index is 658. The zero-order valence-corrected chi connectivity index (χ0v) is 17.7. The minimum Gasteiger partial charge on any atom is -0.480 e. The topological polar surface area (TPSA) is 90.0 Å². The van der Waals surface area contributed by atoms with Crippen LogP contribution in [0.1, 0.15) is 64.2 Å². The van der Waals surface area contributed by atoms with E-state index in [4.69, 9.17) is 5.11 Å². The Morgan fingerprint density at radius 1 is 1.07 bits per heavy atom. The van der Waals surface area contributed by atoms with E-state index in [2.05, 4.69) is 46.6 Å². The molecule has 6 heteroatoms. The monoisotopic (exact) mass is 388 g/mol. The van der Waals surface area contributed by atoms with Gasteiger partial charge in [-0.1, -0.05) is 69.9 Å². The van der Waals surface area contributed by atoms with Crippen LogP contribution in [-0.2, 0) is 4.79 Å². The van der Waals surface area contributed by atoms with E-state index < -0.39 is 5.97 Å². The van der Waals surface area contributed by atoms with Crippen molar-refractivity contribution in [3.05, 3.63) is 42.4 Å². The summed E-state index contributed by atoms with van der Waals surface area (Å²) in [6.07, 6.45) is 8.21. The van der Waals surface area contributed by atoms with Crippen molar-refractivity contribution in [2.75, 3.05) is 14.1 Å². The lowest BCUT2D eigenvalue weighted by molar-refractivity contribution is -0.139. The highest BCUT2D eigenvalue weighted by atomic mass is 16.4. The minimum atomic E-state index is -0.754. The van der Waals surface area contributed by atoms with Crippen molar-refractivity contribution in [1.82, 2.24) is 20.6 Å². The van der Waals surface area contributed by atoms with Gasteiger partial charge in [0.25, 0.3) is 0 Å². The van der Waals surface area contributed by atoms with Gasteiger partial charge in [0.2, 0.25) is 0 Å². The second-order valence-electron chi connectivity index (χ2n) is 6.85. The van der Waals surface area contributed by atoms with Crippen LogP contribution in [0.15, 0.2) is 36.5 Å². The first kappa shape index (κ1) is 23.9. The number of unbranched alkanes of at least 4 members (excludes halogenated alkanes) is 2. The van der Waals surface area contributed by atoms with Gasteiger partial charge >= 0.3 is 5.97 Å². The molecule has 0 saturated heterocycles. The second kappa shape index (κ2) is 13.9. The maximum atomic E-state index is 10.4. The van der Waals surface area contributed by atoms with Gasteiger partial charge in [0.1, 0.15) is 11.9 Å². The Labute approximate surface area is 169 Å². The van der Waals surface area contributed by atoms with E-state index in [1.807, 2.05) is 31.4 Å². The van der Waals surface area contributed by atoms with Gasteiger partial charge in [-0.15, -0.1) is 0 Å². The minimum absolute atomic E-state index is 0.322. The highest BCUT2D eigenvalue weighted by Gasteiger charge is 2.13. The molecule has 0 aliphatic rings. The number of rotatable bonds is 11. The van der Waals surface area contributed by atoms with E-state index in [1.165, 1.54) is 18.4 Å². The number of hydrogen-bond donors (Lipinski definition) is 4. The summed E-state index contributed by atoms with van der Waals surface area (Å²) in [5.41, 5.74) is 2.27. The van der Waals surface area contributed by atoms with Crippen LogP contribution >= 0.6 is 0 Å². The number of aromatic amines is 1. The first-order chi connectivity index (χ1) is 13.6. The molecular weight excluding hydrogens is 352 g/mol. The number of carboxylic acid groups (broad SMARTS) is 1. The molecule has 0 bridgehead atoms. The number of carboxylic acids is 1. The van der Waals surface area contributed by atoms with Gasteiger partial charge in [0, 0.05) is 0 Å². The highest BCUT2D eigenvalue weighted by Crippen LogP contribution is 2.21. The van der Waals surface area contributed by atoms with Crippen molar-refractivity contribution >= 4 is 5.97 Å². The van der Waals surface area contributed by atoms with Gasteiger partial charge in [-0.3, -0.25) is 4.79 Å². The first-order valence-electron chi connectivity index (χ1n) is 10.2. The van der Waals surface area contributed by atoms with Crippen molar-refractivity contribution < 1.29 is 9.90 Å². The summed E-state index contributed by atoms with van der Waals surface area (Å²) < 4.78 is 0. The zero-order valence-electron chi connectivity index (χ0n) is 17.7. The van der Waals surface area contributed by atoms with Crippen molar-refractivity contribution in [1.29, 1.82) is 0 Å². The molecule has 0 aliphatic carbocycles. The van der Waals surface area contributed by atoms with Crippen LogP contribution < -0.4 is 10.6 Å². The Morgan fingerprint density at radius 2 is 1.71 bits per heavy atom. The van der Waals surface area contributed by atoms with E-state index in [-0.39, 0.29) is 6.04 Å². The van der Waals surface area contributed by atoms with Gasteiger partial charge < -0.3 is 20.7 Å². The Balaban J connectivity index is 0.000000336.